The molecule has 0 unspecified atom stereocenters. The second-order valence-electron chi connectivity index (χ2n) is 13.6. The lowest BCUT2D eigenvalue weighted by Crippen LogP contribution is -2.45. The Kier molecular flexibility index (Phi) is 11.8. The molecule has 4 aromatic rings. The number of aromatic nitrogens is 3. The number of carbonyl (C=O) groups is 3. The molecule has 1 fully saturated rings. The molecule has 12 nitrogen and oxygen atoms in total. The largest absolute Gasteiger partial charge is 0.454 e. The number of anilines is 4. The van der Waals surface area contributed by atoms with Crippen molar-refractivity contribution in [3.63, 3.8) is 0 Å². The predicted octanol–water partition coefficient (Wildman–Crippen LogP) is 7.15. The molecule has 19 heteroatoms. The van der Waals surface area contributed by atoms with Crippen molar-refractivity contribution in [2.45, 2.75) is 51.5 Å². The molecule has 0 aliphatic heterocycles. The van der Waals surface area contributed by atoms with Gasteiger partial charge in [-0.05, 0) is 79.3 Å². The zero-order valence-electron chi connectivity index (χ0n) is 29.5. The fraction of sp³-hybridized carbons (Fsp3) is 0.333. The summed E-state index contributed by atoms with van der Waals surface area (Å²) in [5.41, 5.74) is -1.18. The number of ether oxygens (including phenoxy) is 1. The van der Waals surface area contributed by atoms with E-state index in [9.17, 15) is 40.7 Å². The van der Waals surface area contributed by atoms with E-state index in [0.29, 0.717) is 29.1 Å². The van der Waals surface area contributed by atoms with Crippen LogP contribution in [0.25, 0.3) is 0 Å². The van der Waals surface area contributed by atoms with Gasteiger partial charge in [0.15, 0.2) is 6.61 Å². The van der Waals surface area contributed by atoms with Gasteiger partial charge in [-0.2, -0.15) is 41.3 Å². The number of nitrogens with zero attached hydrogens (tertiary/aromatic N) is 3. The quantitative estimate of drug-likeness (QED) is 0.0701. The molecule has 0 radical (unpaired) electrons. The molecule has 292 valence electrons. The maximum atomic E-state index is 13.4. The molecule has 0 spiro atoms. The molecule has 55 heavy (non-hydrogen) atoms. The van der Waals surface area contributed by atoms with Crippen molar-refractivity contribution in [2.24, 2.45) is 5.41 Å². The second-order valence-corrected chi connectivity index (χ2v) is 14.1. The van der Waals surface area contributed by atoms with Crippen molar-refractivity contribution in [3.8, 4) is 6.01 Å². The number of benzene rings is 3. The van der Waals surface area contributed by atoms with E-state index in [1.807, 2.05) is 17.4 Å². The van der Waals surface area contributed by atoms with Crippen LogP contribution in [0.1, 0.15) is 53.7 Å². The average molecular weight is 793 g/mol. The van der Waals surface area contributed by atoms with E-state index < -0.39 is 64.9 Å². The van der Waals surface area contributed by atoms with Crippen molar-refractivity contribution in [3.05, 3.63) is 94.0 Å². The van der Waals surface area contributed by atoms with E-state index in [4.69, 9.17) is 16.3 Å². The van der Waals surface area contributed by atoms with Gasteiger partial charge in [0.25, 0.3) is 5.91 Å². The maximum absolute atomic E-state index is 13.4. The summed E-state index contributed by atoms with van der Waals surface area (Å²) in [6.45, 7) is 3.13. The number of hydrogen-bond donors (Lipinski definition) is 5. The van der Waals surface area contributed by atoms with Crippen molar-refractivity contribution < 1.29 is 45.5 Å². The van der Waals surface area contributed by atoms with Crippen molar-refractivity contribution in [1.82, 2.24) is 25.6 Å². The monoisotopic (exact) mass is 792 g/mol. The topological polar surface area (TPSA) is 159 Å². The van der Waals surface area contributed by atoms with Crippen LogP contribution in [0, 0.1) is 12.3 Å². The highest BCUT2D eigenvalue weighted by Gasteiger charge is 2.45. The van der Waals surface area contributed by atoms with Crippen molar-refractivity contribution in [2.75, 3.05) is 35.6 Å². The highest BCUT2D eigenvalue weighted by molar-refractivity contribution is 6.39. The minimum atomic E-state index is -4.75. The molecule has 0 saturated heterocycles. The highest BCUT2D eigenvalue weighted by atomic mass is 35.5. The van der Waals surface area contributed by atoms with Crippen LogP contribution in [0.3, 0.4) is 0 Å². The molecule has 1 aliphatic carbocycles. The number of nitrogens with one attached hydrogen (secondary N) is 5. The molecule has 1 aliphatic rings. The lowest BCUT2D eigenvalue weighted by molar-refractivity contribution is -0.154. The Balaban J connectivity index is 1.17. The molecule has 0 bridgehead atoms. The van der Waals surface area contributed by atoms with Gasteiger partial charge in [0, 0.05) is 29.4 Å². The van der Waals surface area contributed by atoms with Crippen LogP contribution < -0.4 is 31.3 Å². The third-order valence-electron chi connectivity index (χ3n) is 8.27. The summed E-state index contributed by atoms with van der Waals surface area (Å²) < 4.78 is 83.9. The summed E-state index contributed by atoms with van der Waals surface area (Å²) in [7, 11) is 0. The van der Waals surface area contributed by atoms with Crippen LogP contribution in [-0.2, 0) is 21.3 Å². The number of rotatable bonds is 13. The lowest BCUT2D eigenvalue weighted by Gasteiger charge is -2.25. The van der Waals surface area contributed by atoms with Gasteiger partial charge in [-0.15, -0.1) is 0 Å². The van der Waals surface area contributed by atoms with Gasteiger partial charge in [-0.1, -0.05) is 49.2 Å². The van der Waals surface area contributed by atoms with Gasteiger partial charge < -0.3 is 31.3 Å². The number of halogens is 7. The maximum Gasteiger partial charge on any atom is 0.422 e. The number of aryl methyl sites for hydroxylation is 1. The van der Waals surface area contributed by atoms with E-state index in [0.717, 1.165) is 17.7 Å². The van der Waals surface area contributed by atoms with Crippen LogP contribution in [0.4, 0.5) is 49.6 Å². The first-order chi connectivity index (χ1) is 25.7. The van der Waals surface area contributed by atoms with Gasteiger partial charge in [-0.3, -0.25) is 14.4 Å². The Morgan fingerprint density at radius 1 is 0.818 bits per heavy atom. The van der Waals surface area contributed by atoms with Crippen molar-refractivity contribution >= 4 is 52.6 Å². The van der Waals surface area contributed by atoms with E-state index in [1.54, 1.807) is 26.0 Å². The Bertz CT molecular complexity index is 2040. The van der Waals surface area contributed by atoms with Crippen LogP contribution in [-0.4, -0.2) is 58.5 Å². The molecular formula is C36H35ClF6N8O4. The zero-order valence-corrected chi connectivity index (χ0v) is 30.3. The fourth-order valence-corrected chi connectivity index (χ4v) is 5.30. The van der Waals surface area contributed by atoms with Crippen LogP contribution >= 0.6 is 11.6 Å². The fourth-order valence-electron chi connectivity index (χ4n) is 5.17. The van der Waals surface area contributed by atoms with E-state index in [-0.39, 0.29) is 30.5 Å². The van der Waals surface area contributed by atoms with Crippen LogP contribution in [0.5, 0.6) is 6.01 Å². The third-order valence-corrected chi connectivity index (χ3v) is 8.52. The Morgan fingerprint density at radius 2 is 1.45 bits per heavy atom. The zero-order chi connectivity index (χ0) is 40.2. The SMILES string of the molecule is Cc1ccc(NC(=O)C(=O)NCC(C)(C)CNC(=O)c2ccc(Nc3nc(NC4(c5ccc(Cl)cc5)CC4)nc(OCC(F)(F)F)n3)cc2)c(C(F)(F)F)c1. The number of alkyl halides is 6. The first-order valence-electron chi connectivity index (χ1n) is 16.6. The van der Waals surface area contributed by atoms with Gasteiger partial charge in [-0.25, -0.2) is 0 Å². The summed E-state index contributed by atoms with van der Waals surface area (Å²) >= 11 is 6.02. The number of carbonyl (C=O) groups excluding carboxylic acids is 3. The summed E-state index contributed by atoms with van der Waals surface area (Å²) in [6.07, 6.45) is -7.98. The Labute approximate surface area is 315 Å². The average Bonchev–Trinajstić information content (AvgIpc) is 3.89. The van der Waals surface area contributed by atoms with Crippen LogP contribution in [0.15, 0.2) is 66.7 Å². The summed E-state index contributed by atoms with van der Waals surface area (Å²) in [4.78, 5) is 50.0. The third kappa shape index (κ3) is 11.4. The highest BCUT2D eigenvalue weighted by Crippen LogP contribution is 2.48. The van der Waals surface area contributed by atoms with Gasteiger partial charge in [0.05, 0.1) is 16.8 Å². The smallest absolute Gasteiger partial charge is 0.422 e. The molecule has 3 amide bonds. The normalized spacial score (nSPS) is 13.7. The minimum Gasteiger partial charge on any atom is -0.454 e. The summed E-state index contributed by atoms with van der Waals surface area (Å²) in [5.74, 6) is -3.10. The number of hydrogen-bond acceptors (Lipinski definition) is 9. The molecule has 1 saturated carbocycles. The summed E-state index contributed by atoms with van der Waals surface area (Å²) in [6, 6.07) is 15.8. The number of amides is 3. The Morgan fingerprint density at radius 3 is 2.07 bits per heavy atom. The van der Waals surface area contributed by atoms with Crippen molar-refractivity contribution in [1.29, 1.82) is 0 Å². The lowest BCUT2D eigenvalue weighted by atomic mass is 9.93. The van der Waals surface area contributed by atoms with E-state index >= 15 is 0 Å². The molecule has 1 aromatic heterocycles. The van der Waals surface area contributed by atoms with E-state index in [2.05, 4.69) is 36.2 Å². The van der Waals surface area contributed by atoms with Gasteiger partial charge in [0.2, 0.25) is 11.9 Å². The molecular weight excluding hydrogens is 758 g/mol. The Hall–Kier alpha value is -5.65. The molecule has 0 atom stereocenters. The predicted molar refractivity (Wildman–Crippen MR) is 191 cm³/mol. The molecule has 5 rings (SSSR count). The standard InChI is InChI=1S/C36H35ClF6N8O4/c1-20-4-13-26(25(16-20)36(41,42)43)47-29(54)28(53)45-18-33(2,3)17-44-27(52)21-5-11-24(12-6-21)46-30-48-31(50-32(49-30)55-19-35(38,39)40)51-34(14-15-34)22-7-9-23(37)10-8-22/h4-13,16H,14-15,17-19H2,1-3H3,(H,44,52)(H,45,53)(H,47,54)(H2,46,48,49,50,51). The van der Waals surface area contributed by atoms with E-state index in [1.165, 1.54) is 37.3 Å². The molecule has 3 aromatic carbocycles. The van der Waals surface area contributed by atoms with Crippen LogP contribution in [0.2, 0.25) is 5.02 Å². The summed E-state index contributed by atoms with van der Waals surface area (Å²) in [5, 5.41) is 13.7. The first-order valence-corrected chi connectivity index (χ1v) is 17.0. The minimum absolute atomic E-state index is 0.0283. The second kappa shape index (κ2) is 16.0. The van der Waals surface area contributed by atoms with Gasteiger partial charge in [0.1, 0.15) is 0 Å². The molecule has 5 N–H and O–H groups in total. The first kappa shape index (κ1) is 40.5. The van der Waals surface area contributed by atoms with Gasteiger partial charge >= 0.3 is 30.2 Å². The molecule has 1 heterocycles.